The molecule has 2 aliphatic rings. The topological polar surface area (TPSA) is 59.3 Å². The summed E-state index contributed by atoms with van der Waals surface area (Å²) in [5.74, 6) is 0.695. The highest BCUT2D eigenvalue weighted by molar-refractivity contribution is 5.51. The predicted octanol–water partition coefficient (Wildman–Crippen LogP) is 3.39. The highest BCUT2D eigenvalue weighted by Gasteiger charge is 2.23. The number of rotatable bonds is 5. The van der Waals surface area contributed by atoms with Crippen molar-refractivity contribution < 1.29 is 5.11 Å². The standard InChI is InChI=1S/C20H29N3O/c21-13-17-4-3-6-19(12-17)22-20-7-2-1-5-18(20)14-23-10-8-16(15-24)9-11-23/h1-2,5,7,16-17,19,22,24H,3-4,6,8-12,14-15H2/t17-,19+/m1/s1. The fourth-order valence-corrected chi connectivity index (χ4v) is 4.03. The molecule has 3 rings (SSSR count). The number of hydrogen-bond donors (Lipinski definition) is 2. The third-order valence-corrected chi connectivity index (χ3v) is 5.59. The Hall–Kier alpha value is -1.57. The van der Waals surface area contributed by atoms with E-state index in [9.17, 15) is 10.4 Å². The summed E-state index contributed by atoms with van der Waals surface area (Å²) in [6.07, 6.45) is 6.52. The largest absolute Gasteiger partial charge is 0.396 e. The number of hydrogen-bond acceptors (Lipinski definition) is 4. The molecule has 0 unspecified atom stereocenters. The van der Waals surface area contributed by atoms with Gasteiger partial charge in [-0.1, -0.05) is 24.6 Å². The van der Waals surface area contributed by atoms with E-state index in [1.807, 2.05) is 0 Å². The Morgan fingerprint density at radius 2 is 1.96 bits per heavy atom. The summed E-state index contributed by atoms with van der Waals surface area (Å²) in [7, 11) is 0. The minimum Gasteiger partial charge on any atom is -0.396 e. The number of nitrogens with zero attached hydrogens (tertiary/aromatic N) is 2. The predicted molar refractivity (Wildman–Crippen MR) is 96.5 cm³/mol. The number of aliphatic hydroxyl groups is 1. The first kappa shape index (κ1) is 17.3. The van der Waals surface area contributed by atoms with Gasteiger partial charge in [0.1, 0.15) is 0 Å². The van der Waals surface area contributed by atoms with E-state index >= 15 is 0 Å². The first-order valence-electron chi connectivity index (χ1n) is 9.35. The number of nitriles is 1. The summed E-state index contributed by atoms with van der Waals surface area (Å²) in [4.78, 5) is 2.49. The average Bonchev–Trinajstić information content (AvgIpc) is 2.64. The number of para-hydroxylation sites is 1. The summed E-state index contributed by atoms with van der Waals surface area (Å²) in [5, 5.41) is 22.2. The van der Waals surface area contributed by atoms with Gasteiger partial charge in [-0.25, -0.2) is 0 Å². The Kier molecular flexibility index (Phi) is 6.12. The fraction of sp³-hybridized carbons (Fsp3) is 0.650. The fourth-order valence-electron chi connectivity index (χ4n) is 4.03. The van der Waals surface area contributed by atoms with Gasteiger partial charge in [-0.2, -0.15) is 5.26 Å². The van der Waals surface area contributed by atoms with Crippen LogP contribution in [0.15, 0.2) is 24.3 Å². The lowest BCUT2D eigenvalue weighted by Gasteiger charge is -2.32. The lowest BCUT2D eigenvalue weighted by Crippen LogP contribution is -2.34. The minimum atomic E-state index is 0.209. The molecule has 1 heterocycles. The van der Waals surface area contributed by atoms with Gasteiger partial charge in [-0.15, -0.1) is 0 Å². The maximum Gasteiger partial charge on any atom is 0.0656 e. The first-order valence-corrected chi connectivity index (χ1v) is 9.35. The maximum atomic E-state index is 9.28. The van der Waals surface area contributed by atoms with Crippen molar-refractivity contribution >= 4 is 5.69 Å². The van der Waals surface area contributed by atoms with Crippen LogP contribution in [0, 0.1) is 23.2 Å². The first-order chi connectivity index (χ1) is 11.8. The molecule has 1 saturated carbocycles. The lowest BCUT2D eigenvalue weighted by molar-refractivity contribution is 0.127. The molecule has 1 saturated heterocycles. The van der Waals surface area contributed by atoms with Gasteiger partial charge in [0, 0.05) is 30.8 Å². The van der Waals surface area contributed by atoms with Crippen LogP contribution in [0.1, 0.15) is 44.1 Å². The van der Waals surface area contributed by atoms with Crippen LogP contribution in [0.25, 0.3) is 0 Å². The van der Waals surface area contributed by atoms with Gasteiger partial charge in [0.25, 0.3) is 0 Å². The Morgan fingerprint density at radius 1 is 1.17 bits per heavy atom. The SMILES string of the molecule is N#C[C@@H]1CCC[C@H](Nc2ccccc2CN2CCC(CO)CC2)C1. The van der Waals surface area contributed by atoms with E-state index in [4.69, 9.17) is 0 Å². The second-order valence-corrected chi connectivity index (χ2v) is 7.39. The molecule has 130 valence electrons. The Labute approximate surface area is 145 Å². The molecular weight excluding hydrogens is 298 g/mol. The molecule has 4 heteroatoms. The summed E-state index contributed by atoms with van der Waals surface area (Å²) in [6.45, 7) is 3.43. The van der Waals surface area contributed by atoms with Crippen LogP contribution < -0.4 is 5.32 Å². The van der Waals surface area contributed by atoms with Crippen molar-refractivity contribution in [1.29, 1.82) is 5.26 Å². The van der Waals surface area contributed by atoms with Crippen molar-refractivity contribution in [1.82, 2.24) is 4.90 Å². The van der Waals surface area contributed by atoms with E-state index in [1.54, 1.807) is 0 Å². The van der Waals surface area contributed by atoms with Gasteiger partial charge in [-0.3, -0.25) is 4.90 Å². The Morgan fingerprint density at radius 3 is 2.71 bits per heavy atom. The van der Waals surface area contributed by atoms with E-state index in [0.29, 0.717) is 18.6 Å². The number of anilines is 1. The average molecular weight is 327 g/mol. The van der Waals surface area contributed by atoms with Gasteiger partial charge >= 0.3 is 0 Å². The summed E-state index contributed by atoms with van der Waals surface area (Å²) in [6, 6.07) is 11.5. The molecule has 0 spiro atoms. The van der Waals surface area contributed by atoms with E-state index in [-0.39, 0.29) is 5.92 Å². The Bertz CT molecular complexity index is 560. The van der Waals surface area contributed by atoms with Crippen molar-refractivity contribution in [3.05, 3.63) is 29.8 Å². The monoisotopic (exact) mass is 327 g/mol. The second kappa shape index (κ2) is 8.50. The molecule has 0 bridgehead atoms. The van der Waals surface area contributed by atoms with Gasteiger partial charge < -0.3 is 10.4 Å². The highest BCUT2D eigenvalue weighted by Crippen LogP contribution is 2.28. The molecule has 24 heavy (non-hydrogen) atoms. The van der Waals surface area contributed by atoms with Crippen molar-refractivity contribution in [2.45, 2.75) is 51.1 Å². The normalized spacial score (nSPS) is 26.0. The molecule has 1 aliphatic heterocycles. The highest BCUT2D eigenvalue weighted by atomic mass is 16.3. The summed E-state index contributed by atoms with van der Waals surface area (Å²) >= 11 is 0. The molecule has 1 aromatic carbocycles. The van der Waals surface area contributed by atoms with Gasteiger partial charge in [-0.05, 0) is 62.7 Å². The molecule has 0 radical (unpaired) electrons. The third-order valence-electron chi connectivity index (χ3n) is 5.59. The van der Waals surface area contributed by atoms with E-state index in [2.05, 4.69) is 40.6 Å². The van der Waals surface area contributed by atoms with Crippen LogP contribution >= 0.6 is 0 Å². The molecule has 1 aliphatic carbocycles. The van der Waals surface area contributed by atoms with Crippen molar-refractivity contribution in [2.24, 2.45) is 11.8 Å². The van der Waals surface area contributed by atoms with E-state index < -0.39 is 0 Å². The molecule has 1 aromatic rings. The summed E-state index contributed by atoms with van der Waals surface area (Å²) in [5.41, 5.74) is 2.57. The molecule has 0 aromatic heterocycles. The van der Waals surface area contributed by atoms with Gasteiger partial charge in [0.05, 0.1) is 6.07 Å². The van der Waals surface area contributed by atoms with Crippen LogP contribution in [-0.2, 0) is 6.54 Å². The number of likely N-dealkylation sites (tertiary alicyclic amines) is 1. The van der Waals surface area contributed by atoms with Crippen LogP contribution in [0.4, 0.5) is 5.69 Å². The number of piperidine rings is 1. The van der Waals surface area contributed by atoms with Gasteiger partial charge in [0.2, 0.25) is 0 Å². The smallest absolute Gasteiger partial charge is 0.0656 e. The zero-order chi connectivity index (χ0) is 16.8. The van der Waals surface area contributed by atoms with Crippen molar-refractivity contribution in [3.8, 4) is 6.07 Å². The molecular formula is C20H29N3O. The van der Waals surface area contributed by atoms with Crippen LogP contribution in [0.2, 0.25) is 0 Å². The zero-order valence-corrected chi connectivity index (χ0v) is 14.5. The number of benzene rings is 1. The van der Waals surface area contributed by atoms with Crippen molar-refractivity contribution in [3.63, 3.8) is 0 Å². The molecule has 2 atom stereocenters. The van der Waals surface area contributed by atoms with Crippen molar-refractivity contribution in [2.75, 3.05) is 25.0 Å². The molecule has 2 N–H and O–H groups in total. The van der Waals surface area contributed by atoms with E-state index in [1.165, 1.54) is 11.3 Å². The van der Waals surface area contributed by atoms with Crippen LogP contribution in [0.5, 0.6) is 0 Å². The zero-order valence-electron chi connectivity index (χ0n) is 14.5. The lowest BCUT2D eigenvalue weighted by atomic mass is 9.86. The minimum absolute atomic E-state index is 0.209. The van der Waals surface area contributed by atoms with Gasteiger partial charge in [0.15, 0.2) is 0 Å². The molecule has 2 fully saturated rings. The van der Waals surface area contributed by atoms with E-state index in [0.717, 1.165) is 58.2 Å². The quantitative estimate of drug-likeness (QED) is 0.870. The number of aliphatic hydroxyl groups excluding tert-OH is 1. The van der Waals surface area contributed by atoms with Crippen LogP contribution in [-0.4, -0.2) is 35.7 Å². The second-order valence-electron chi connectivity index (χ2n) is 7.39. The van der Waals surface area contributed by atoms with Crippen LogP contribution in [0.3, 0.4) is 0 Å². The molecule has 0 amide bonds. The molecule has 4 nitrogen and oxygen atoms in total. The third kappa shape index (κ3) is 4.49. The summed E-state index contributed by atoms with van der Waals surface area (Å²) < 4.78 is 0. The Balaban J connectivity index is 1.60. The number of nitrogens with one attached hydrogen (secondary N) is 1. The maximum absolute atomic E-state index is 9.28.